The molecule has 0 aliphatic carbocycles. The fourth-order valence-electron chi connectivity index (χ4n) is 1.80. The molecule has 6 heteroatoms. The van der Waals surface area contributed by atoms with Gasteiger partial charge in [0.2, 0.25) is 17.5 Å². The van der Waals surface area contributed by atoms with Crippen LogP contribution in [0.4, 0.5) is 0 Å². The minimum absolute atomic E-state index is 0.359. The summed E-state index contributed by atoms with van der Waals surface area (Å²) in [6, 6.07) is 0.359. The van der Waals surface area contributed by atoms with E-state index in [0.717, 1.165) is 24.9 Å². The standard InChI is InChI=1S/C13H19N5O/c1-4-10(14-5-2)6-11-17-13(18-19-11)12-15-7-9(3)8-16-12/h7-8,10,14H,4-6H2,1-3H3. The van der Waals surface area contributed by atoms with Crippen molar-refractivity contribution in [3.05, 3.63) is 23.8 Å². The highest BCUT2D eigenvalue weighted by atomic mass is 16.5. The van der Waals surface area contributed by atoms with E-state index in [2.05, 4.69) is 39.3 Å². The first-order valence-electron chi connectivity index (χ1n) is 6.57. The molecule has 0 spiro atoms. The highest BCUT2D eigenvalue weighted by molar-refractivity contribution is 5.40. The largest absolute Gasteiger partial charge is 0.339 e. The lowest BCUT2D eigenvalue weighted by molar-refractivity contribution is 0.355. The second-order valence-corrected chi connectivity index (χ2v) is 4.46. The van der Waals surface area contributed by atoms with Gasteiger partial charge in [0.1, 0.15) is 0 Å². The molecule has 1 unspecified atom stereocenters. The van der Waals surface area contributed by atoms with Crippen molar-refractivity contribution in [3.8, 4) is 11.6 Å². The Morgan fingerprint density at radius 3 is 2.58 bits per heavy atom. The Morgan fingerprint density at radius 1 is 1.21 bits per heavy atom. The Hall–Kier alpha value is -1.82. The monoisotopic (exact) mass is 261 g/mol. The third kappa shape index (κ3) is 3.57. The summed E-state index contributed by atoms with van der Waals surface area (Å²) in [4.78, 5) is 12.7. The molecule has 6 nitrogen and oxygen atoms in total. The van der Waals surface area contributed by atoms with E-state index in [1.54, 1.807) is 12.4 Å². The van der Waals surface area contributed by atoms with E-state index in [4.69, 9.17) is 4.52 Å². The Bertz CT molecular complexity index is 508. The first-order valence-corrected chi connectivity index (χ1v) is 6.57. The summed E-state index contributed by atoms with van der Waals surface area (Å²) in [7, 11) is 0. The number of nitrogens with zero attached hydrogens (tertiary/aromatic N) is 4. The highest BCUT2D eigenvalue weighted by Gasteiger charge is 2.14. The van der Waals surface area contributed by atoms with E-state index in [1.165, 1.54) is 0 Å². The molecule has 0 saturated carbocycles. The number of likely N-dealkylation sites (N-methyl/N-ethyl adjacent to an activating group) is 1. The molecule has 0 amide bonds. The highest BCUT2D eigenvalue weighted by Crippen LogP contribution is 2.11. The molecule has 1 N–H and O–H groups in total. The minimum Gasteiger partial charge on any atom is -0.339 e. The van der Waals surface area contributed by atoms with Crippen LogP contribution >= 0.6 is 0 Å². The first kappa shape index (κ1) is 13.6. The van der Waals surface area contributed by atoms with Crippen molar-refractivity contribution >= 4 is 0 Å². The average molecular weight is 261 g/mol. The molecule has 0 aromatic carbocycles. The predicted molar refractivity (Wildman–Crippen MR) is 71.5 cm³/mol. The molecule has 19 heavy (non-hydrogen) atoms. The van der Waals surface area contributed by atoms with Crippen molar-refractivity contribution in [1.82, 2.24) is 25.4 Å². The SMILES string of the molecule is CCNC(CC)Cc1nc(-c2ncc(C)cn2)no1. The van der Waals surface area contributed by atoms with Crippen LogP contribution in [0.25, 0.3) is 11.6 Å². The fraction of sp³-hybridized carbons (Fsp3) is 0.538. The number of aromatic nitrogens is 4. The van der Waals surface area contributed by atoms with Gasteiger partial charge in [0, 0.05) is 24.9 Å². The van der Waals surface area contributed by atoms with Gasteiger partial charge in [-0.2, -0.15) is 4.98 Å². The molecule has 2 aromatic heterocycles. The number of aryl methyl sites for hydroxylation is 1. The van der Waals surface area contributed by atoms with Crippen LogP contribution in [-0.2, 0) is 6.42 Å². The number of hydrogen-bond donors (Lipinski definition) is 1. The number of hydrogen-bond acceptors (Lipinski definition) is 6. The number of nitrogens with one attached hydrogen (secondary N) is 1. The van der Waals surface area contributed by atoms with Crippen LogP contribution in [-0.4, -0.2) is 32.7 Å². The van der Waals surface area contributed by atoms with Crippen LogP contribution in [0.2, 0.25) is 0 Å². The Labute approximate surface area is 112 Å². The van der Waals surface area contributed by atoms with Gasteiger partial charge in [-0.3, -0.25) is 0 Å². The number of rotatable bonds is 6. The Morgan fingerprint density at radius 2 is 1.95 bits per heavy atom. The van der Waals surface area contributed by atoms with Crippen LogP contribution in [0.15, 0.2) is 16.9 Å². The molecule has 2 heterocycles. The molecule has 0 aliphatic heterocycles. The average Bonchev–Trinajstić information content (AvgIpc) is 2.87. The molecule has 102 valence electrons. The van der Waals surface area contributed by atoms with Crippen LogP contribution in [0.3, 0.4) is 0 Å². The van der Waals surface area contributed by atoms with E-state index in [1.807, 2.05) is 6.92 Å². The van der Waals surface area contributed by atoms with Crippen molar-refractivity contribution in [2.75, 3.05) is 6.54 Å². The third-order valence-corrected chi connectivity index (χ3v) is 2.86. The van der Waals surface area contributed by atoms with Gasteiger partial charge in [0.15, 0.2) is 0 Å². The zero-order chi connectivity index (χ0) is 13.7. The van der Waals surface area contributed by atoms with Crippen molar-refractivity contribution in [2.24, 2.45) is 0 Å². The third-order valence-electron chi connectivity index (χ3n) is 2.86. The van der Waals surface area contributed by atoms with E-state index in [0.29, 0.717) is 23.6 Å². The van der Waals surface area contributed by atoms with Crippen molar-refractivity contribution < 1.29 is 4.52 Å². The molecule has 0 aliphatic rings. The van der Waals surface area contributed by atoms with Gasteiger partial charge < -0.3 is 9.84 Å². The maximum Gasteiger partial charge on any atom is 0.240 e. The second kappa shape index (κ2) is 6.38. The molecule has 0 bridgehead atoms. The summed E-state index contributed by atoms with van der Waals surface area (Å²) in [6.07, 6.45) is 5.23. The van der Waals surface area contributed by atoms with Crippen molar-refractivity contribution in [3.63, 3.8) is 0 Å². The van der Waals surface area contributed by atoms with Crippen LogP contribution in [0.5, 0.6) is 0 Å². The van der Waals surface area contributed by atoms with Gasteiger partial charge in [-0.1, -0.05) is 19.0 Å². The van der Waals surface area contributed by atoms with E-state index in [9.17, 15) is 0 Å². The van der Waals surface area contributed by atoms with Crippen LogP contribution in [0, 0.1) is 6.92 Å². The maximum atomic E-state index is 5.25. The molecule has 0 saturated heterocycles. The lowest BCUT2D eigenvalue weighted by atomic mass is 10.1. The fourth-order valence-corrected chi connectivity index (χ4v) is 1.80. The van der Waals surface area contributed by atoms with Gasteiger partial charge in [0.25, 0.3) is 0 Å². The molecule has 2 aromatic rings. The maximum absolute atomic E-state index is 5.25. The molecular weight excluding hydrogens is 242 g/mol. The summed E-state index contributed by atoms with van der Waals surface area (Å²) in [6.45, 7) is 7.09. The first-order chi connectivity index (χ1) is 9.22. The Balaban J connectivity index is 2.08. The Kier molecular flexibility index (Phi) is 4.57. The van der Waals surface area contributed by atoms with E-state index in [-0.39, 0.29) is 0 Å². The van der Waals surface area contributed by atoms with Gasteiger partial charge in [-0.15, -0.1) is 0 Å². The topological polar surface area (TPSA) is 76.7 Å². The molecule has 1 atom stereocenters. The summed E-state index contributed by atoms with van der Waals surface area (Å²) < 4.78 is 5.25. The normalized spacial score (nSPS) is 12.6. The minimum atomic E-state index is 0.359. The lowest BCUT2D eigenvalue weighted by Crippen LogP contribution is -2.30. The van der Waals surface area contributed by atoms with Gasteiger partial charge in [-0.05, 0) is 25.5 Å². The van der Waals surface area contributed by atoms with Gasteiger partial charge >= 0.3 is 0 Å². The molecule has 0 radical (unpaired) electrons. The summed E-state index contributed by atoms with van der Waals surface area (Å²) in [5, 5.41) is 7.30. The second-order valence-electron chi connectivity index (χ2n) is 4.46. The summed E-state index contributed by atoms with van der Waals surface area (Å²) in [5.74, 6) is 1.56. The molecule has 2 rings (SSSR count). The van der Waals surface area contributed by atoms with Crippen molar-refractivity contribution in [1.29, 1.82) is 0 Å². The van der Waals surface area contributed by atoms with Crippen LogP contribution < -0.4 is 5.32 Å². The molecule has 0 fully saturated rings. The van der Waals surface area contributed by atoms with E-state index >= 15 is 0 Å². The zero-order valence-corrected chi connectivity index (χ0v) is 11.6. The molecular formula is C13H19N5O. The quantitative estimate of drug-likeness (QED) is 0.854. The van der Waals surface area contributed by atoms with Crippen LogP contribution in [0.1, 0.15) is 31.7 Å². The van der Waals surface area contributed by atoms with E-state index < -0.39 is 0 Å². The van der Waals surface area contributed by atoms with Gasteiger partial charge in [0.05, 0.1) is 0 Å². The zero-order valence-electron chi connectivity index (χ0n) is 11.6. The van der Waals surface area contributed by atoms with Crippen molar-refractivity contribution in [2.45, 2.75) is 39.7 Å². The predicted octanol–water partition coefficient (Wildman–Crippen LogP) is 1.77. The van der Waals surface area contributed by atoms with Gasteiger partial charge in [-0.25, -0.2) is 9.97 Å². The summed E-state index contributed by atoms with van der Waals surface area (Å²) in [5.41, 5.74) is 1.01. The smallest absolute Gasteiger partial charge is 0.240 e. The summed E-state index contributed by atoms with van der Waals surface area (Å²) >= 11 is 0. The lowest BCUT2D eigenvalue weighted by Gasteiger charge is -2.12.